The van der Waals surface area contributed by atoms with Crippen molar-refractivity contribution in [3.05, 3.63) is 23.8 Å². The topological polar surface area (TPSA) is 84.9 Å². The molecule has 1 saturated heterocycles. The van der Waals surface area contributed by atoms with Gasteiger partial charge in [-0.1, -0.05) is 6.07 Å². The van der Waals surface area contributed by atoms with E-state index in [1.165, 1.54) is 17.5 Å². The number of carbonyl (C=O) groups is 1. The van der Waals surface area contributed by atoms with Crippen molar-refractivity contribution >= 4 is 15.9 Å². The van der Waals surface area contributed by atoms with Crippen molar-refractivity contribution in [1.29, 1.82) is 0 Å². The van der Waals surface area contributed by atoms with E-state index in [1.807, 2.05) is 13.8 Å². The van der Waals surface area contributed by atoms with Crippen molar-refractivity contribution in [3.8, 4) is 5.75 Å². The number of ether oxygens (including phenoxy) is 2. The van der Waals surface area contributed by atoms with E-state index in [4.69, 9.17) is 9.47 Å². The van der Waals surface area contributed by atoms with E-state index in [2.05, 4.69) is 5.32 Å². The number of hydrogen-bond donors (Lipinski definition) is 1. The molecule has 1 atom stereocenters. The van der Waals surface area contributed by atoms with Gasteiger partial charge in [-0.25, -0.2) is 8.42 Å². The zero-order chi connectivity index (χ0) is 20.0. The SMILES string of the molecule is COc1ccc(C)c(S(=O)(=O)N2CCC[C@H]2C(=O)NCCCOC(C)C)c1. The van der Waals surface area contributed by atoms with Gasteiger partial charge in [0.05, 0.1) is 18.1 Å². The number of benzene rings is 1. The predicted octanol–water partition coefficient (Wildman–Crippen LogP) is 2.09. The first kappa shape index (κ1) is 21.7. The van der Waals surface area contributed by atoms with E-state index in [9.17, 15) is 13.2 Å². The van der Waals surface area contributed by atoms with Crippen LogP contribution >= 0.6 is 0 Å². The lowest BCUT2D eigenvalue weighted by molar-refractivity contribution is -0.124. The summed E-state index contributed by atoms with van der Waals surface area (Å²) >= 11 is 0. The highest BCUT2D eigenvalue weighted by atomic mass is 32.2. The summed E-state index contributed by atoms with van der Waals surface area (Å²) in [6, 6.07) is 4.28. The van der Waals surface area contributed by atoms with Gasteiger partial charge in [-0.05, 0) is 51.7 Å². The number of nitrogens with one attached hydrogen (secondary N) is 1. The van der Waals surface area contributed by atoms with Crippen LogP contribution in [0.4, 0.5) is 0 Å². The summed E-state index contributed by atoms with van der Waals surface area (Å²) in [5.41, 5.74) is 0.632. The van der Waals surface area contributed by atoms with Gasteiger partial charge in [-0.15, -0.1) is 0 Å². The lowest BCUT2D eigenvalue weighted by atomic mass is 10.2. The van der Waals surface area contributed by atoms with Crippen LogP contribution in [0.5, 0.6) is 5.75 Å². The molecule has 2 rings (SSSR count). The number of nitrogens with zero attached hydrogens (tertiary/aromatic N) is 1. The Morgan fingerprint density at radius 1 is 1.37 bits per heavy atom. The smallest absolute Gasteiger partial charge is 0.244 e. The van der Waals surface area contributed by atoms with Crippen LogP contribution in [0.1, 0.15) is 38.7 Å². The molecule has 1 fully saturated rings. The molecule has 0 aromatic heterocycles. The zero-order valence-electron chi connectivity index (χ0n) is 16.5. The molecule has 1 heterocycles. The van der Waals surface area contributed by atoms with Crippen molar-refractivity contribution in [3.63, 3.8) is 0 Å². The number of methoxy groups -OCH3 is 1. The fourth-order valence-corrected chi connectivity index (χ4v) is 5.02. The van der Waals surface area contributed by atoms with E-state index in [-0.39, 0.29) is 16.9 Å². The van der Waals surface area contributed by atoms with Crippen molar-refractivity contribution in [2.75, 3.05) is 26.8 Å². The minimum Gasteiger partial charge on any atom is -0.497 e. The molecule has 152 valence electrons. The molecule has 0 bridgehead atoms. The van der Waals surface area contributed by atoms with Crippen molar-refractivity contribution in [2.45, 2.75) is 57.1 Å². The second kappa shape index (κ2) is 9.52. The first-order chi connectivity index (χ1) is 12.8. The largest absolute Gasteiger partial charge is 0.497 e. The fraction of sp³-hybridized carbons (Fsp3) is 0.632. The highest BCUT2D eigenvalue weighted by molar-refractivity contribution is 7.89. The molecule has 0 aliphatic carbocycles. The van der Waals surface area contributed by atoms with Gasteiger partial charge in [-0.3, -0.25) is 4.79 Å². The Hall–Kier alpha value is -1.64. The number of hydrogen-bond acceptors (Lipinski definition) is 5. The standard InChI is InChI=1S/C19H30N2O5S/c1-14(2)26-12-6-10-20-19(22)17-7-5-11-21(17)27(23,24)18-13-16(25-4)9-8-15(18)3/h8-9,13-14,17H,5-7,10-12H2,1-4H3,(H,20,22)/t17-/m0/s1. The second-order valence-electron chi connectivity index (χ2n) is 6.97. The van der Waals surface area contributed by atoms with Crippen LogP contribution in [-0.4, -0.2) is 57.6 Å². The number of aryl methyl sites for hydroxylation is 1. The first-order valence-corrected chi connectivity index (χ1v) is 10.8. The van der Waals surface area contributed by atoms with Gasteiger partial charge < -0.3 is 14.8 Å². The minimum atomic E-state index is -3.77. The molecule has 1 aliphatic rings. The summed E-state index contributed by atoms with van der Waals surface area (Å²) in [6.45, 7) is 7.03. The molecular formula is C19H30N2O5S. The number of sulfonamides is 1. The van der Waals surface area contributed by atoms with Crippen LogP contribution < -0.4 is 10.1 Å². The first-order valence-electron chi connectivity index (χ1n) is 9.33. The van der Waals surface area contributed by atoms with Crippen molar-refractivity contribution in [1.82, 2.24) is 9.62 Å². The molecule has 0 spiro atoms. The minimum absolute atomic E-state index is 0.155. The lowest BCUT2D eigenvalue weighted by Crippen LogP contribution is -2.46. The Balaban J connectivity index is 2.07. The summed E-state index contributed by atoms with van der Waals surface area (Å²) in [4.78, 5) is 12.7. The third-order valence-corrected chi connectivity index (χ3v) is 6.61. The Kier molecular flexibility index (Phi) is 7.64. The van der Waals surface area contributed by atoms with Crippen LogP contribution in [0.3, 0.4) is 0 Å². The molecule has 1 aromatic carbocycles. The maximum absolute atomic E-state index is 13.2. The highest BCUT2D eigenvalue weighted by Gasteiger charge is 2.40. The number of amides is 1. The van der Waals surface area contributed by atoms with Crippen LogP contribution in [0.15, 0.2) is 23.1 Å². The van der Waals surface area contributed by atoms with E-state index < -0.39 is 16.1 Å². The van der Waals surface area contributed by atoms with Gasteiger partial charge >= 0.3 is 0 Å². The van der Waals surface area contributed by atoms with Crippen LogP contribution in [-0.2, 0) is 19.6 Å². The Morgan fingerprint density at radius 2 is 2.11 bits per heavy atom. The molecule has 1 N–H and O–H groups in total. The summed E-state index contributed by atoms with van der Waals surface area (Å²) in [5.74, 6) is 0.227. The number of carbonyl (C=O) groups excluding carboxylic acids is 1. The maximum atomic E-state index is 13.2. The Morgan fingerprint density at radius 3 is 2.78 bits per heavy atom. The van der Waals surface area contributed by atoms with E-state index >= 15 is 0 Å². The third kappa shape index (κ3) is 5.43. The molecule has 0 saturated carbocycles. The van der Waals surface area contributed by atoms with E-state index in [0.717, 1.165) is 0 Å². The molecule has 1 aromatic rings. The molecule has 1 amide bonds. The maximum Gasteiger partial charge on any atom is 0.244 e. The normalized spacial score (nSPS) is 18.0. The monoisotopic (exact) mass is 398 g/mol. The quantitative estimate of drug-likeness (QED) is 0.644. The third-order valence-electron chi connectivity index (χ3n) is 4.56. The molecular weight excluding hydrogens is 368 g/mol. The van der Waals surface area contributed by atoms with Crippen molar-refractivity contribution in [2.24, 2.45) is 0 Å². The van der Waals surface area contributed by atoms with Gasteiger partial charge in [0.1, 0.15) is 11.8 Å². The molecule has 8 heteroatoms. The Bertz CT molecular complexity index is 748. The van der Waals surface area contributed by atoms with Gasteiger partial charge in [0.2, 0.25) is 15.9 Å². The van der Waals surface area contributed by atoms with Gasteiger partial charge in [0.15, 0.2) is 0 Å². The average molecular weight is 399 g/mol. The molecule has 1 aliphatic heterocycles. The fourth-order valence-electron chi connectivity index (χ4n) is 3.12. The van der Waals surface area contributed by atoms with Crippen LogP contribution in [0, 0.1) is 6.92 Å². The van der Waals surface area contributed by atoms with Crippen LogP contribution in [0.25, 0.3) is 0 Å². The average Bonchev–Trinajstić information content (AvgIpc) is 3.12. The lowest BCUT2D eigenvalue weighted by Gasteiger charge is -2.24. The van der Waals surface area contributed by atoms with E-state index in [0.29, 0.717) is 50.3 Å². The van der Waals surface area contributed by atoms with Gasteiger partial charge in [0.25, 0.3) is 0 Å². The summed E-state index contributed by atoms with van der Waals surface area (Å²) < 4.78 is 38.2. The van der Waals surface area contributed by atoms with Gasteiger partial charge in [0, 0.05) is 25.8 Å². The second-order valence-corrected chi connectivity index (χ2v) is 8.83. The summed E-state index contributed by atoms with van der Waals surface area (Å²) in [6.07, 6.45) is 2.04. The van der Waals surface area contributed by atoms with E-state index in [1.54, 1.807) is 19.1 Å². The summed E-state index contributed by atoms with van der Waals surface area (Å²) in [7, 11) is -2.28. The highest BCUT2D eigenvalue weighted by Crippen LogP contribution is 2.30. The number of rotatable bonds is 9. The predicted molar refractivity (Wildman–Crippen MR) is 103 cm³/mol. The van der Waals surface area contributed by atoms with Crippen LogP contribution in [0.2, 0.25) is 0 Å². The molecule has 27 heavy (non-hydrogen) atoms. The Labute approximate surface area is 162 Å². The van der Waals surface area contributed by atoms with Gasteiger partial charge in [-0.2, -0.15) is 4.31 Å². The zero-order valence-corrected chi connectivity index (χ0v) is 17.3. The molecule has 0 radical (unpaired) electrons. The molecule has 7 nitrogen and oxygen atoms in total. The molecule has 0 unspecified atom stereocenters. The summed E-state index contributed by atoms with van der Waals surface area (Å²) in [5, 5.41) is 2.84. The van der Waals surface area contributed by atoms with Crippen molar-refractivity contribution < 1.29 is 22.7 Å².